The number of esters is 1. The second kappa shape index (κ2) is 4.73. The average molecular weight is 240 g/mol. The minimum absolute atomic E-state index is 0.0167. The quantitative estimate of drug-likeness (QED) is 0.617. The third-order valence-electron chi connectivity index (χ3n) is 3.31. The van der Waals surface area contributed by atoms with Gasteiger partial charge in [0.1, 0.15) is 6.04 Å². The van der Waals surface area contributed by atoms with Crippen LogP contribution in [-0.2, 0) is 19.1 Å². The SMILES string of the molecule is COC(=O)CCN1CC(=O)N2CCCC2C1=O. The Balaban J connectivity index is 1.97. The Bertz CT molecular complexity index is 355. The van der Waals surface area contributed by atoms with E-state index in [1.165, 1.54) is 12.0 Å². The maximum Gasteiger partial charge on any atom is 0.307 e. The Morgan fingerprint density at radius 2 is 2.24 bits per heavy atom. The van der Waals surface area contributed by atoms with Gasteiger partial charge >= 0.3 is 5.97 Å². The van der Waals surface area contributed by atoms with Crippen molar-refractivity contribution in [3.8, 4) is 0 Å². The highest BCUT2D eigenvalue weighted by molar-refractivity contribution is 5.95. The van der Waals surface area contributed by atoms with Crippen LogP contribution in [0.25, 0.3) is 0 Å². The summed E-state index contributed by atoms with van der Waals surface area (Å²) < 4.78 is 4.52. The van der Waals surface area contributed by atoms with E-state index in [9.17, 15) is 14.4 Å². The molecule has 0 bridgehead atoms. The molecule has 17 heavy (non-hydrogen) atoms. The van der Waals surface area contributed by atoms with E-state index in [2.05, 4.69) is 4.74 Å². The Morgan fingerprint density at radius 1 is 1.47 bits per heavy atom. The minimum Gasteiger partial charge on any atom is -0.469 e. The predicted molar refractivity (Wildman–Crippen MR) is 57.9 cm³/mol. The van der Waals surface area contributed by atoms with Crippen molar-refractivity contribution >= 4 is 17.8 Å². The van der Waals surface area contributed by atoms with Crippen molar-refractivity contribution in [2.75, 3.05) is 26.7 Å². The summed E-state index contributed by atoms with van der Waals surface area (Å²) in [6.45, 7) is 1.04. The Labute approximate surface area is 99.5 Å². The summed E-state index contributed by atoms with van der Waals surface area (Å²) in [4.78, 5) is 37.9. The van der Waals surface area contributed by atoms with Crippen LogP contribution in [0, 0.1) is 0 Å². The monoisotopic (exact) mass is 240 g/mol. The van der Waals surface area contributed by atoms with Gasteiger partial charge in [0.15, 0.2) is 0 Å². The van der Waals surface area contributed by atoms with E-state index in [1.807, 2.05) is 0 Å². The number of nitrogens with zero attached hydrogens (tertiary/aromatic N) is 2. The van der Waals surface area contributed by atoms with E-state index in [4.69, 9.17) is 0 Å². The standard InChI is InChI=1S/C11H16N2O4/c1-17-10(15)4-6-12-7-9(14)13-5-2-3-8(13)11(12)16/h8H,2-7H2,1H3. The molecule has 0 saturated carbocycles. The number of fused-ring (bicyclic) bond motifs is 1. The number of carbonyl (C=O) groups is 3. The van der Waals surface area contributed by atoms with Gasteiger partial charge < -0.3 is 14.5 Å². The van der Waals surface area contributed by atoms with Gasteiger partial charge in [0.2, 0.25) is 11.8 Å². The number of amides is 2. The first kappa shape index (κ1) is 11.9. The van der Waals surface area contributed by atoms with Crippen LogP contribution in [0.4, 0.5) is 0 Å². The molecule has 0 aromatic heterocycles. The second-order valence-electron chi connectivity index (χ2n) is 4.33. The third kappa shape index (κ3) is 2.25. The molecule has 6 heteroatoms. The molecular weight excluding hydrogens is 224 g/mol. The number of hydrogen-bond acceptors (Lipinski definition) is 4. The maximum absolute atomic E-state index is 12.0. The summed E-state index contributed by atoms with van der Waals surface area (Å²) in [6, 6.07) is -0.297. The third-order valence-corrected chi connectivity index (χ3v) is 3.31. The first-order valence-electron chi connectivity index (χ1n) is 5.78. The zero-order valence-electron chi connectivity index (χ0n) is 9.85. The lowest BCUT2D eigenvalue weighted by atomic mass is 10.1. The lowest BCUT2D eigenvalue weighted by molar-refractivity contribution is -0.154. The van der Waals surface area contributed by atoms with Gasteiger partial charge in [0, 0.05) is 13.1 Å². The van der Waals surface area contributed by atoms with Crippen LogP contribution < -0.4 is 0 Å². The largest absolute Gasteiger partial charge is 0.469 e. The first-order valence-corrected chi connectivity index (χ1v) is 5.78. The Hall–Kier alpha value is -1.59. The molecule has 6 nitrogen and oxygen atoms in total. The lowest BCUT2D eigenvalue weighted by Crippen LogP contribution is -2.57. The zero-order valence-corrected chi connectivity index (χ0v) is 9.85. The smallest absolute Gasteiger partial charge is 0.307 e. The van der Waals surface area contributed by atoms with E-state index in [1.54, 1.807) is 4.90 Å². The molecule has 0 N–H and O–H groups in total. The van der Waals surface area contributed by atoms with Crippen LogP contribution in [0.1, 0.15) is 19.3 Å². The molecule has 2 amide bonds. The summed E-state index contributed by atoms with van der Waals surface area (Å²) in [6.07, 6.45) is 1.76. The molecule has 2 aliphatic heterocycles. The second-order valence-corrected chi connectivity index (χ2v) is 4.33. The highest BCUT2D eigenvalue weighted by Gasteiger charge is 2.41. The topological polar surface area (TPSA) is 66.9 Å². The minimum atomic E-state index is -0.362. The normalized spacial score (nSPS) is 23.9. The average Bonchev–Trinajstić information content (AvgIpc) is 2.81. The molecule has 2 fully saturated rings. The van der Waals surface area contributed by atoms with Gasteiger partial charge in [-0.05, 0) is 12.8 Å². The summed E-state index contributed by atoms with van der Waals surface area (Å²) >= 11 is 0. The summed E-state index contributed by atoms with van der Waals surface area (Å²) in [5, 5.41) is 0. The number of piperazine rings is 1. The van der Waals surface area contributed by atoms with Crippen LogP contribution in [0.3, 0.4) is 0 Å². The van der Waals surface area contributed by atoms with Crippen molar-refractivity contribution in [2.45, 2.75) is 25.3 Å². The van der Waals surface area contributed by atoms with Crippen molar-refractivity contribution in [1.82, 2.24) is 9.80 Å². The number of ether oxygens (including phenoxy) is 1. The highest BCUT2D eigenvalue weighted by Crippen LogP contribution is 2.23. The van der Waals surface area contributed by atoms with Gasteiger partial charge in [-0.1, -0.05) is 0 Å². The van der Waals surface area contributed by atoms with Crippen molar-refractivity contribution < 1.29 is 19.1 Å². The maximum atomic E-state index is 12.0. The molecule has 1 unspecified atom stereocenters. The van der Waals surface area contributed by atoms with Crippen LogP contribution in [0.5, 0.6) is 0 Å². The molecule has 0 aromatic carbocycles. The fourth-order valence-corrected chi connectivity index (χ4v) is 2.38. The first-order chi connectivity index (χ1) is 8.13. The van der Waals surface area contributed by atoms with Gasteiger partial charge in [-0.2, -0.15) is 0 Å². The summed E-state index contributed by atoms with van der Waals surface area (Å²) in [7, 11) is 1.31. The van der Waals surface area contributed by atoms with Crippen LogP contribution >= 0.6 is 0 Å². The molecular formula is C11H16N2O4. The van der Waals surface area contributed by atoms with E-state index < -0.39 is 0 Å². The predicted octanol–water partition coefficient (Wildman–Crippen LogP) is -0.617. The van der Waals surface area contributed by atoms with Crippen LogP contribution in [0.15, 0.2) is 0 Å². The molecule has 0 aromatic rings. The number of carbonyl (C=O) groups excluding carboxylic acids is 3. The summed E-state index contributed by atoms with van der Waals surface area (Å²) in [5.74, 6) is -0.415. The molecule has 0 aliphatic carbocycles. The van der Waals surface area contributed by atoms with Gasteiger partial charge in [0.05, 0.1) is 20.1 Å². The molecule has 2 rings (SSSR count). The van der Waals surface area contributed by atoms with Gasteiger partial charge in [0.25, 0.3) is 0 Å². The van der Waals surface area contributed by atoms with Crippen LogP contribution in [0.2, 0.25) is 0 Å². The Morgan fingerprint density at radius 3 is 2.94 bits per heavy atom. The van der Waals surface area contributed by atoms with Crippen molar-refractivity contribution in [3.63, 3.8) is 0 Å². The van der Waals surface area contributed by atoms with E-state index >= 15 is 0 Å². The highest BCUT2D eigenvalue weighted by atomic mass is 16.5. The number of rotatable bonds is 3. The van der Waals surface area contributed by atoms with Gasteiger partial charge in [-0.25, -0.2) is 0 Å². The zero-order chi connectivity index (χ0) is 12.4. The van der Waals surface area contributed by atoms with Crippen molar-refractivity contribution in [2.24, 2.45) is 0 Å². The summed E-state index contributed by atoms with van der Waals surface area (Å²) in [5.41, 5.74) is 0. The fraction of sp³-hybridized carbons (Fsp3) is 0.727. The fourth-order valence-electron chi connectivity index (χ4n) is 2.38. The van der Waals surface area contributed by atoms with E-state index in [0.29, 0.717) is 6.54 Å². The molecule has 0 radical (unpaired) electrons. The molecule has 1 atom stereocenters. The Kier molecular flexibility index (Phi) is 3.31. The van der Waals surface area contributed by atoms with Gasteiger partial charge in [-0.3, -0.25) is 14.4 Å². The molecule has 0 spiro atoms. The number of methoxy groups -OCH3 is 1. The van der Waals surface area contributed by atoms with Gasteiger partial charge in [-0.15, -0.1) is 0 Å². The molecule has 2 saturated heterocycles. The number of hydrogen-bond donors (Lipinski definition) is 0. The molecule has 2 heterocycles. The van der Waals surface area contributed by atoms with Crippen molar-refractivity contribution in [1.29, 1.82) is 0 Å². The van der Waals surface area contributed by atoms with E-state index in [-0.39, 0.29) is 43.3 Å². The van der Waals surface area contributed by atoms with Crippen LogP contribution in [-0.4, -0.2) is 60.4 Å². The lowest BCUT2D eigenvalue weighted by Gasteiger charge is -2.36. The van der Waals surface area contributed by atoms with Crippen molar-refractivity contribution in [3.05, 3.63) is 0 Å². The van der Waals surface area contributed by atoms with E-state index in [0.717, 1.165) is 12.8 Å². The molecule has 2 aliphatic rings. The molecule has 94 valence electrons.